The number of allylic oxidation sites excluding steroid dienone is 2. The van der Waals surface area contributed by atoms with Gasteiger partial charge in [-0.25, -0.2) is 5.90 Å². The molecule has 0 aromatic carbocycles. The maximum absolute atomic E-state index is 4.68. The van der Waals surface area contributed by atoms with E-state index < -0.39 is 0 Å². The van der Waals surface area contributed by atoms with Gasteiger partial charge in [-0.2, -0.15) is 0 Å². The molecule has 0 bridgehead atoms. The van der Waals surface area contributed by atoms with Crippen molar-refractivity contribution in [2.24, 2.45) is 5.90 Å². The third-order valence-electron chi connectivity index (χ3n) is 0.465. The molecule has 0 heterocycles. The number of nitrogens with two attached hydrogens (primary N) is 1. The van der Waals surface area contributed by atoms with Crippen molar-refractivity contribution in [1.29, 1.82) is 0 Å². The van der Waals surface area contributed by atoms with E-state index in [4.69, 9.17) is 0 Å². The van der Waals surface area contributed by atoms with Crippen LogP contribution in [0.2, 0.25) is 0 Å². The molecule has 0 atom stereocenters. The molecule has 2 N–H and O–H groups in total. The van der Waals surface area contributed by atoms with Crippen molar-refractivity contribution in [2.45, 2.75) is 0 Å². The van der Waals surface area contributed by atoms with Gasteiger partial charge in [-0.1, -0.05) is 24.8 Å². The predicted molar refractivity (Wildman–Crippen MR) is 29.5 cm³/mol. The Hall–Kier alpha value is -0.600. The first-order valence-corrected chi connectivity index (χ1v) is 2.01. The molecule has 0 saturated carbocycles. The highest BCUT2D eigenvalue weighted by Crippen LogP contribution is 1.70. The van der Waals surface area contributed by atoms with Crippen LogP contribution < -0.4 is 5.90 Å². The first-order valence-electron chi connectivity index (χ1n) is 2.01. The average molecular weight is 99.1 g/mol. The summed E-state index contributed by atoms with van der Waals surface area (Å²) < 4.78 is 0. The highest BCUT2D eigenvalue weighted by molar-refractivity contribution is 4.96. The van der Waals surface area contributed by atoms with Crippen molar-refractivity contribution in [3.8, 4) is 0 Å². The molecule has 0 aliphatic heterocycles. The Bertz CT molecular complexity index is 68.5. The van der Waals surface area contributed by atoms with Crippen molar-refractivity contribution in [3.05, 3.63) is 24.8 Å². The topological polar surface area (TPSA) is 35.2 Å². The molecule has 0 spiro atoms. The lowest BCUT2D eigenvalue weighted by Crippen LogP contribution is -1.96. The first-order chi connectivity index (χ1) is 3.41. The minimum absolute atomic E-state index is 0.450. The van der Waals surface area contributed by atoms with Gasteiger partial charge in [0.25, 0.3) is 0 Å². The molecule has 0 aromatic rings. The van der Waals surface area contributed by atoms with Crippen LogP contribution >= 0.6 is 0 Å². The van der Waals surface area contributed by atoms with Crippen LogP contribution in [0.5, 0.6) is 0 Å². The number of rotatable bonds is 3. The summed E-state index contributed by atoms with van der Waals surface area (Å²) in [5.74, 6) is 4.68. The fourth-order valence-corrected chi connectivity index (χ4v) is 0.207. The zero-order valence-electron chi connectivity index (χ0n) is 4.13. The van der Waals surface area contributed by atoms with E-state index in [1.54, 1.807) is 18.2 Å². The van der Waals surface area contributed by atoms with Crippen molar-refractivity contribution in [1.82, 2.24) is 0 Å². The van der Waals surface area contributed by atoms with E-state index in [0.717, 1.165) is 0 Å². The van der Waals surface area contributed by atoms with Crippen LogP contribution in [0, 0.1) is 0 Å². The Kier molecular flexibility index (Phi) is 4.94. The summed E-state index contributed by atoms with van der Waals surface area (Å²) in [4.78, 5) is 4.21. The average Bonchev–Trinajstić information content (AvgIpc) is 1.69. The summed E-state index contributed by atoms with van der Waals surface area (Å²) >= 11 is 0. The van der Waals surface area contributed by atoms with Crippen molar-refractivity contribution >= 4 is 0 Å². The van der Waals surface area contributed by atoms with Crippen molar-refractivity contribution in [2.75, 3.05) is 6.61 Å². The van der Waals surface area contributed by atoms with Crippen LogP contribution in [0.15, 0.2) is 24.8 Å². The largest absolute Gasteiger partial charge is 0.300 e. The quantitative estimate of drug-likeness (QED) is 0.416. The van der Waals surface area contributed by atoms with Crippen LogP contribution in [0.25, 0.3) is 0 Å². The minimum Gasteiger partial charge on any atom is -0.300 e. The van der Waals surface area contributed by atoms with Gasteiger partial charge in [0.15, 0.2) is 0 Å². The van der Waals surface area contributed by atoms with Crippen LogP contribution in [0.3, 0.4) is 0 Å². The molecular weight excluding hydrogens is 90.1 g/mol. The van der Waals surface area contributed by atoms with Gasteiger partial charge in [0.1, 0.15) is 0 Å². The lowest BCUT2D eigenvalue weighted by atomic mass is 10.5. The van der Waals surface area contributed by atoms with Crippen LogP contribution in [-0.2, 0) is 4.84 Å². The molecule has 2 nitrogen and oxygen atoms in total. The zero-order valence-corrected chi connectivity index (χ0v) is 4.13. The molecule has 2 heteroatoms. The maximum atomic E-state index is 4.68. The van der Waals surface area contributed by atoms with E-state index in [9.17, 15) is 0 Å². The third kappa shape index (κ3) is 5.40. The molecule has 40 valence electrons. The Balaban J connectivity index is 2.92. The van der Waals surface area contributed by atoms with E-state index in [2.05, 4.69) is 17.3 Å². The van der Waals surface area contributed by atoms with Crippen molar-refractivity contribution < 1.29 is 4.84 Å². The van der Waals surface area contributed by atoms with Gasteiger partial charge in [0.05, 0.1) is 6.61 Å². The van der Waals surface area contributed by atoms with Gasteiger partial charge < -0.3 is 4.84 Å². The number of hydrogen-bond acceptors (Lipinski definition) is 2. The third-order valence-corrected chi connectivity index (χ3v) is 0.465. The molecule has 0 aliphatic carbocycles. The summed E-state index contributed by atoms with van der Waals surface area (Å²) in [6, 6.07) is 0. The lowest BCUT2D eigenvalue weighted by Gasteiger charge is -1.81. The minimum atomic E-state index is 0.450. The van der Waals surface area contributed by atoms with E-state index in [1.165, 1.54) is 0 Å². The molecule has 7 heavy (non-hydrogen) atoms. The SMILES string of the molecule is C=C/C=C\CON. The summed E-state index contributed by atoms with van der Waals surface area (Å²) in [7, 11) is 0. The second-order valence-corrected chi connectivity index (χ2v) is 0.997. The van der Waals surface area contributed by atoms with E-state index in [-0.39, 0.29) is 0 Å². The maximum Gasteiger partial charge on any atom is 0.0863 e. The predicted octanol–water partition coefficient (Wildman–Crippen LogP) is 0.619. The molecule has 0 fully saturated rings. The Morgan fingerprint density at radius 1 is 1.71 bits per heavy atom. The van der Waals surface area contributed by atoms with E-state index in [0.29, 0.717) is 6.61 Å². The van der Waals surface area contributed by atoms with Gasteiger partial charge in [0.2, 0.25) is 0 Å². The Labute approximate surface area is 43.2 Å². The summed E-state index contributed by atoms with van der Waals surface area (Å²) in [6.07, 6.45) is 5.21. The first kappa shape index (κ1) is 6.40. The summed E-state index contributed by atoms with van der Waals surface area (Å²) in [5.41, 5.74) is 0. The molecule has 0 unspecified atom stereocenters. The van der Waals surface area contributed by atoms with Gasteiger partial charge in [-0.3, -0.25) is 0 Å². The summed E-state index contributed by atoms with van der Waals surface area (Å²) in [5, 5.41) is 0. The fraction of sp³-hybridized carbons (Fsp3) is 0.200. The molecule has 0 radical (unpaired) electrons. The van der Waals surface area contributed by atoms with Gasteiger partial charge >= 0.3 is 0 Å². The fourth-order valence-electron chi connectivity index (χ4n) is 0.207. The van der Waals surface area contributed by atoms with E-state index >= 15 is 0 Å². The van der Waals surface area contributed by atoms with Gasteiger partial charge in [-0.05, 0) is 0 Å². The zero-order chi connectivity index (χ0) is 5.54. The molecule has 0 rings (SSSR count). The normalized spacial score (nSPS) is 9.86. The molecular formula is C5H9NO. The van der Waals surface area contributed by atoms with Crippen LogP contribution in [0.1, 0.15) is 0 Å². The Morgan fingerprint density at radius 2 is 2.43 bits per heavy atom. The highest BCUT2D eigenvalue weighted by atomic mass is 16.6. The monoisotopic (exact) mass is 99.1 g/mol. The van der Waals surface area contributed by atoms with Crippen molar-refractivity contribution in [3.63, 3.8) is 0 Å². The van der Waals surface area contributed by atoms with Gasteiger partial charge in [-0.15, -0.1) is 0 Å². The molecule has 0 aliphatic rings. The second kappa shape index (κ2) is 5.40. The highest BCUT2D eigenvalue weighted by Gasteiger charge is 1.64. The van der Waals surface area contributed by atoms with Crippen LogP contribution in [-0.4, -0.2) is 6.61 Å². The molecule has 0 saturated heterocycles. The number of hydrogen-bond donors (Lipinski definition) is 1. The molecule has 0 amide bonds. The standard InChI is InChI=1S/C5H9NO/c1-2-3-4-5-7-6/h2-4H,1,5-6H2/b4-3-. The van der Waals surface area contributed by atoms with Gasteiger partial charge in [0, 0.05) is 0 Å². The van der Waals surface area contributed by atoms with Crippen LogP contribution in [0.4, 0.5) is 0 Å². The smallest absolute Gasteiger partial charge is 0.0863 e. The second-order valence-electron chi connectivity index (χ2n) is 0.997. The lowest BCUT2D eigenvalue weighted by molar-refractivity contribution is 0.168. The van der Waals surface area contributed by atoms with E-state index in [1.807, 2.05) is 0 Å². The summed E-state index contributed by atoms with van der Waals surface area (Å²) in [6.45, 7) is 3.90. The Morgan fingerprint density at radius 3 is 2.86 bits per heavy atom. The molecule has 0 aromatic heterocycles.